The monoisotopic (exact) mass is 1050 g/mol. The molecule has 0 bridgehead atoms. The molecule has 18 heteroatoms. The summed E-state index contributed by atoms with van der Waals surface area (Å²) < 4.78 is 30.2. The van der Waals surface area contributed by atoms with Crippen molar-refractivity contribution in [3.05, 3.63) is 114 Å². The van der Waals surface area contributed by atoms with Gasteiger partial charge in [0.1, 0.15) is 58.8 Å². The number of pyridine rings is 2. The summed E-state index contributed by atoms with van der Waals surface area (Å²) in [6.07, 6.45) is 18.5. The van der Waals surface area contributed by atoms with Crippen molar-refractivity contribution >= 4 is 72.9 Å². The number of nitrogens with one attached hydrogen (secondary N) is 2. The third kappa shape index (κ3) is 10.5. The molecule has 6 aliphatic rings. The van der Waals surface area contributed by atoms with E-state index in [1.807, 2.05) is 39.8 Å². The Kier molecular flexibility index (Phi) is 14.2. The molecule has 4 aliphatic carbocycles. The Balaban J connectivity index is 0.000000158. The summed E-state index contributed by atoms with van der Waals surface area (Å²) in [6, 6.07) is 26.1. The van der Waals surface area contributed by atoms with E-state index < -0.39 is 11.6 Å². The molecular formula is C58H71ClN12O5. The van der Waals surface area contributed by atoms with Gasteiger partial charge in [-0.05, 0) is 175 Å². The van der Waals surface area contributed by atoms with Crippen molar-refractivity contribution in [2.45, 2.75) is 140 Å². The standard InChI is InChI=1S/C29H32ClN5O2.C29H34N6O2.H3N.H2O/c2*1-29(2)36-25-20(14-23(26(25)37-29)35-12-11-21-27(30)32-16-33-28(21)35)8-6-17-5-7-19-9-10-24(34-22(19)13-17)31-15-18-3-4-18;;/h5,7,9-13,16,18,20,23,25-26H,3-4,6,8,14-15H2,1-2H3,(H,31,34);5,7,9-13,16,18,20,23,25-26H,3-4,6,8,14-15H2,1-2H3,(H,31,34)(H2,30,32,33);1H3;1H2/t2*20-,23+,25+,26-;;/m00../s1. The van der Waals surface area contributed by atoms with Gasteiger partial charge >= 0.3 is 0 Å². The van der Waals surface area contributed by atoms with Gasteiger partial charge in [0.2, 0.25) is 0 Å². The molecule has 14 rings (SSSR count). The highest BCUT2D eigenvalue weighted by molar-refractivity contribution is 6.33. The number of rotatable bonds is 14. The van der Waals surface area contributed by atoms with Crippen LogP contribution < -0.4 is 22.5 Å². The smallest absolute Gasteiger partial charge is 0.163 e. The highest BCUT2D eigenvalue weighted by Gasteiger charge is 2.55. The van der Waals surface area contributed by atoms with Crippen molar-refractivity contribution in [3.63, 3.8) is 0 Å². The number of aromatic nitrogens is 8. The fourth-order valence-electron chi connectivity index (χ4n) is 12.4. The molecule has 6 aromatic heterocycles. The van der Waals surface area contributed by atoms with Crippen LogP contribution in [0.25, 0.3) is 43.9 Å². The average Bonchev–Trinajstić information content (AvgIpc) is 4.15. The topological polar surface area (TPSA) is 241 Å². The molecule has 17 nitrogen and oxygen atoms in total. The minimum Gasteiger partial charge on any atom is -0.412 e. The van der Waals surface area contributed by atoms with Crippen LogP contribution in [0.5, 0.6) is 0 Å². The predicted molar refractivity (Wildman–Crippen MR) is 298 cm³/mol. The number of nitrogens with zero attached hydrogens (tertiary/aromatic N) is 8. The zero-order valence-corrected chi connectivity index (χ0v) is 44.6. The number of hydrogen-bond acceptors (Lipinski definition) is 14. The van der Waals surface area contributed by atoms with Crippen LogP contribution in [0.1, 0.15) is 102 Å². The molecule has 8 aromatic rings. The van der Waals surface area contributed by atoms with Crippen LogP contribution in [0.15, 0.2) is 97.8 Å². The third-order valence-electron chi connectivity index (χ3n) is 16.5. The van der Waals surface area contributed by atoms with Crippen LogP contribution in [-0.4, -0.2) is 93.6 Å². The van der Waals surface area contributed by atoms with E-state index in [0.29, 0.717) is 22.8 Å². The molecule has 2 aliphatic heterocycles. The van der Waals surface area contributed by atoms with Crippen LogP contribution in [-0.2, 0) is 31.8 Å². The summed E-state index contributed by atoms with van der Waals surface area (Å²) in [4.78, 5) is 27.1. The van der Waals surface area contributed by atoms with Gasteiger partial charge in [-0.3, -0.25) is 0 Å². The summed E-state index contributed by atoms with van der Waals surface area (Å²) >= 11 is 6.34. The van der Waals surface area contributed by atoms with Crippen molar-refractivity contribution in [1.29, 1.82) is 0 Å². The molecule has 2 saturated heterocycles. The molecular weight excluding hydrogens is 980 g/mol. The highest BCUT2D eigenvalue weighted by atomic mass is 35.5. The predicted octanol–water partition coefficient (Wildman–Crippen LogP) is 10.6. The van der Waals surface area contributed by atoms with Crippen LogP contribution >= 0.6 is 11.6 Å². The Hall–Kier alpha value is -6.05. The summed E-state index contributed by atoms with van der Waals surface area (Å²) in [5, 5.41) is 11.6. The largest absolute Gasteiger partial charge is 0.412 e. The van der Waals surface area contributed by atoms with E-state index in [-0.39, 0.29) is 48.1 Å². The van der Waals surface area contributed by atoms with Crippen molar-refractivity contribution in [3.8, 4) is 0 Å². The molecule has 8 heterocycles. The molecule has 0 unspecified atom stereocenters. The zero-order chi connectivity index (χ0) is 50.3. The van der Waals surface area contributed by atoms with Gasteiger partial charge < -0.3 is 56.1 Å². The minimum absolute atomic E-state index is 0. The van der Waals surface area contributed by atoms with Gasteiger partial charge in [-0.25, -0.2) is 29.9 Å². The summed E-state index contributed by atoms with van der Waals surface area (Å²) in [5.41, 5.74) is 12.5. The normalized spacial score (nSPS) is 26.0. The molecule has 0 spiro atoms. The summed E-state index contributed by atoms with van der Waals surface area (Å²) in [6.45, 7) is 10.1. The Labute approximate surface area is 447 Å². The van der Waals surface area contributed by atoms with Crippen LogP contribution in [0.3, 0.4) is 0 Å². The van der Waals surface area contributed by atoms with Gasteiger partial charge in [0.05, 0.1) is 46.1 Å². The average molecular weight is 1050 g/mol. The van der Waals surface area contributed by atoms with Crippen molar-refractivity contribution in [1.82, 2.24) is 45.2 Å². The van der Waals surface area contributed by atoms with E-state index in [4.69, 9.17) is 46.3 Å². The van der Waals surface area contributed by atoms with E-state index in [1.54, 1.807) is 0 Å². The lowest BCUT2D eigenvalue weighted by molar-refractivity contribution is -0.160. The number of ether oxygens (including phenoxy) is 4. The van der Waals surface area contributed by atoms with Gasteiger partial charge in [-0.2, -0.15) is 0 Å². The maximum absolute atomic E-state index is 6.46. The Morgan fingerprint density at radius 2 is 1.04 bits per heavy atom. The number of anilines is 3. The first-order valence-electron chi connectivity index (χ1n) is 26.9. The number of nitrogen functional groups attached to an aromatic ring is 1. The Morgan fingerprint density at radius 1 is 0.592 bits per heavy atom. The van der Waals surface area contributed by atoms with E-state index in [0.717, 1.165) is 108 Å². The van der Waals surface area contributed by atoms with Crippen molar-refractivity contribution in [2.75, 3.05) is 29.5 Å². The van der Waals surface area contributed by atoms with E-state index in [9.17, 15) is 0 Å². The van der Waals surface area contributed by atoms with E-state index in [1.165, 1.54) is 60.2 Å². The molecule has 6 fully saturated rings. The number of halogens is 1. The number of nitrogens with two attached hydrogens (primary N) is 1. The lowest BCUT2D eigenvalue weighted by Gasteiger charge is -2.24. The lowest BCUT2D eigenvalue weighted by atomic mass is 9.95. The van der Waals surface area contributed by atoms with Crippen LogP contribution in [0, 0.1) is 23.7 Å². The molecule has 400 valence electrons. The highest BCUT2D eigenvalue weighted by Crippen LogP contribution is 2.51. The van der Waals surface area contributed by atoms with Crippen LogP contribution in [0.4, 0.5) is 17.5 Å². The maximum Gasteiger partial charge on any atom is 0.163 e. The molecule has 0 amide bonds. The van der Waals surface area contributed by atoms with Gasteiger partial charge in [0, 0.05) is 36.3 Å². The van der Waals surface area contributed by atoms with Gasteiger partial charge in [0.25, 0.3) is 0 Å². The Bertz CT molecular complexity index is 3160. The molecule has 76 heavy (non-hydrogen) atoms. The Morgan fingerprint density at radius 3 is 1.54 bits per heavy atom. The second-order valence-electron chi connectivity index (χ2n) is 22.8. The number of aryl methyl sites for hydroxylation is 2. The van der Waals surface area contributed by atoms with Gasteiger partial charge in [-0.15, -0.1) is 0 Å². The molecule has 2 aromatic carbocycles. The maximum atomic E-state index is 6.46. The first-order chi connectivity index (χ1) is 35.9. The quantitative estimate of drug-likeness (QED) is 0.0741. The van der Waals surface area contributed by atoms with Gasteiger partial charge in [-0.1, -0.05) is 35.9 Å². The molecule has 9 N–H and O–H groups in total. The number of benzene rings is 2. The minimum atomic E-state index is -0.599. The lowest BCUT2D eigenvalue weighted by Crippen LogP contribution is -2.27. The number of fused-ring (bicyclic) bond motifs is 6. The van der Waals surface area contributed by atoms with E-state index >= 15 is 0 Å². The SMILES string of the molecule is CC1(C)O[C@@H]2[C@@H](CCc3ccc4ccc(NCC5CC5)nc4c3)C[C@@H](n3ccc4c(Cl)ncnc43)[C@@H]2O1.CC1(C)O[C@@H]2[C@@H](CCc3ccc4ccc(NCC5CC5)nc4c3)C[C@@H](n3ccc4c(N)ncnc43)[C@@H]2O1.N.O. The van der Waals surface area contributed by atoms with Crippen LogP contribution in [0.2, 0.25) is 5.15 Å². The first-order valence-corrected chi connectivity index (χ1v) is 27.3. The fourth-order valence-corrected chi connectivity index (χ4v) is 12.6. The first kappa shape index (κ1) is 52.0. The molecule has 4 saturated carbocycles. The zero-order valence-electron chi connectivity index (χ0n) is 43.9. The summed E-state index contributed by atoms with van der Waals surface area (Å²) in [7, 11) is 0. The fraction of sp³-hybridized carbons (Fsp3) is 0.483. The van der Waals surface area contributed by atoms with Crippen molar-refractivity contribution in [2.24, 2.45) is 23.7 Å². The third-order valence-corrected chi connectivity index (χ3v) is 16.8. The molecule has 8 atom stereocenters. The van der Waals surface area contributed by atoms with E-state index in [2.05, 4.69) is 113 Å². The second kappa shape index (κ2) is 20.7. The number of hydrogen-bond donors (Lipinski definition) is 4. The van der Waals surface area contributed by atoms with Gasteiger partial charge in [0.15, 0.2) is 11.6 Å². The second-order valence-corrected chi connectivity index (χ2v) is 23.1. The molecule has 0 radical (unpaired) electrons. The van der Waals surface area contributed by atoms with Crippen molar-refractivity contribution < 1.29 is 24.4 Å². The summed E-state index contributed by atoms with van der Waals surface area (Å²) in [5.74, 6) is 3.66.